The molecule has 0 spiro atoms. The van der Waals surface area contributed by atoms with E-state index in [1.54, 1.807) is 39.8 Å². The van der Waals surface area contributed by atoms with E-state index in [-0.39, 0.29) is 23.9 Å². The first-order valence-corrected chi connectivity index (χ1v) is 14.4. The molecule has 0 aromatic heterocycles. The Kier molecular flexibility index (Phi) is 38.7. The van der Waals surface area contributed by atoms with Gasteiger partial charge in [-0.25, -0.2) is 17.5 Å². The fourth-order valence-corrected chi connectivity index (χ4v) is 2.58. The summed E-state index contributed by atoms with van der Waals surface area (Å²) in [6.07, 6.45) is 0.365. The van der Waals surface area contributed by atoms with Gasteiger partial charge in [0.25, 0.3) is 0 Å². The Bertz CT molecular complexity index is 678. The summed E-state index contributed by atoms with van der Waals surface area (Å²) in [5, 5.41) is 0. The van der Waals surface area contributed by atoms with Gasteiger partial charge in [-0.15, -0.1) is 0 Å². The van der Waals surface area contributed by atoms with Gasteiger partial charge >= 0.3 is 12.1 Å². The quantitative estimate of drug-likeness (QED) is 0.261. The predicted octanol–water partition coefficient (Wildman–Crippen LogP) is 2.56. The summed E-state index contributed by atoms with van der Waals surface area (Å²) < 4.78 is 41.5. The highest BCUT2D eigenvalue weighted by atomic mass is 32.2. The van der Waals surface area contributed by atoms with Crippen LogP contribution in [0.2, 0.25) is 0 Å². The molecule has 0 radical (unpaired) electrons. The molecule has 0 aromatic carbocycles. The van der Waals surface area contributed by atoms with Gasteiger partial charge in [-0.2, -0.15) is 0 Å². The van der Waals surface area contributed by atoms with Crippen LogP contribution in [0.25, 0.3) is 0 Å². The van der Waals surface area contributed by atoms with E-state index in [0.29, 0.717) is 39.5 Å². The number of esters is 1. The first kappa shape index (κ1) is 46.8. The van der Waals surface area contributed by atoms with Crippen LogP contribution in [0.4, 0.5) is 4.79 Å². The Morgan fingerprint density at radius 3 is 1.33 bits per heavy atom. The highest BCUT2D eigenvalue weighted by Crippen LogP contribution is 1.96. The molecule has 39 heavy (non-hydrogen) atoms. The highest BCUT2D eigenvalue weighted by Gasteiger charge is 2.14. The number of carbonyl (C=O) groups is 3. The summed E-state index contributed by atoms with van der Waals surface area (Å²) in [5.74, 6) is -0.234. The molecule has 2 amide bonds. The summed E-state index contributed by atoms with van der Waals surface area (Å²) in [5.41, 5.74) is 0. The molecule has 0 aliphatic carbocycles. The third-order valence-corrected chi connectivity index (χ3v) is 5.92. The monoisotopic (exact) mass is 590 g/mol. The van der Waals surface area contributed by atoms with E-state index in [0.717, 1.165) is 6.54 Å². The minimum Gasteiger partial charge on any atom is -0.466 e. The second-order valence-electron chi connectivity index (χ2n) is 7.83. The van der Waals surface area contributed by atoms with Gasteiger partial charge in [0.2, 0.25) is 15.9 Å². The van der Waals surface area contributed by atoms with Gasteiger partial charge in [-0.05, 0) is 41.8 Å². The Morgan fingerprint density at radius 1 is 0.692 bits per heavy atom. The molecular formula is C25H58N4O9S. The first-order valence-electron chi connectivity index (χ1n) is 12.8. The second-order valence-corrected chi connectivity index (χ2v) is 9.85. The normalized spacial score (nSPS) is 9.74. The van der Waals surface area contributed by atoms with Gasteiger partial charge in [0.15, 0.2) is 5.94 Å². The van der Waals surface area contributed by atoms with E-state index in [1.165, 1.54) is 30.3 Å². The number of carbonyl (C=O) groups excluding carboxylic acids is 3. The van der Waals surface area contributed by atoms with Crippen molar-refractivity contribution in [1.29, 1.82) is 0 Å². The molecule has 0 unspecified atom stereocenters. The zero-order valence-electron chi connectivity index (χ0n) is 27.0. The Balaban J connectivity index is -0.000000125. The Labute approximate surface area is 238 Å². The van der Waals surface area contributed by atoms with Crippen LogP contribution in [0.3, 0.4) is 0 Å². The van der Waals surface area contributed by atoms with E-state index < -0.39 is 10.0 Å². The zero-order valence-corrected chi connectivity index (χ0v) is 27.8. The fourth-order valence-electron chi connectivity index (χ4n) is 1.71. The molecule has 0 saturated carbocycles. The van der Waals surface area contributed by atoms with Crippen LogP contribution in [0.15, 0.2) is 0 Å². The van der Waals surface area contributed by atoms with Crippen molar-refractivity contribution in [3.63, 3.8) is 0 Å². The second kappa shape index (κ2) is 32.2. The molecule has 0 heterocycles. The number of methoxy groups -OCH3 is 2. The lowest BCUT2D eigenvalue weighted by Crippen LogP contribution is -2.29. The fraction of sp³-hybridized carbons (Fsp3) is 0.880. The molecule has 0 aromatic rings. The topological polar surface area (TPSA) is 135 Å². The van der Waals surface area contributed by atoms with E-state index >= 15 is 0 Å². The Hall–Kier alpha value is -2.00. The van der Waals surface area contributed by atoms with Crippen molar-refractivity contribution < 1.29 is 41.7 Å². The van der Waals surface area contributed by atoms with Gasteiger partial charge in [-0.3, -0.25) is 14.5 Å². The molecule has 238 valence electrons. The molecule has 0 N–H and O–H groups in total. The number of hydrogen-bond acceptors (Lipinski definition) is 10. The number of rotatable bonds is 11. The minimum absolute atomic E-state index is 0.211. The van der Waals surface area contributed by atoms with Crippen molar-refractivity contribution in [2.24, 2.45) is 0 Å². The maximum atomic E-state index is 11.0. The van der Waals surface area contributed by atoms with Crippen molar-refractivity contribution in [2.75, 3.05) is 95.0 Å². The minimum atomic E-state index is -3.15. The summed E-state index contributed by atoms with van der Waals surface area (Å²) in [6, 6.07) is 0. The van der Waals surface area contributed by atoms with Crippen molar-refractivity contribution in [2.45, 2.75) is 54.9 Å². The number of amides is 2. The third kappa shape index (κ3) is 38.2. The molecular weight excluding hydrogens is 532 g/mol. The van der Waals surface area contributed by atoms with Crippen molar-refractivity contribution in [1.82, 2.24) is 19.0 Å². The van der Waals surface area contributed by atoms with Crippen molar-refractivity contribution >= 4 is 28.0 Å². The Morgan fingerprint density at radius 2 is 1.15 bits per heavy atom. The van der Waals surface area contributed by atoms with Crippen LogP contribution in [0.5, 0.6) is 0 Å². The van der Waals surface area contributed by atoms with E-state index in [4.69, 9.17) is 4.74 Å². The molecule has 0 saturated heterocycles. The summed E-state index contributed by atoms with van der Waals surface area (Å²) in [4.78, 5) is 36.4. The van der Waals surface area contributed by atoms with Crippen LogP contribution in [-0.4, -0.2) is 140 Å². The number of hydrogen-bond donors (Lipinski definition) is 0. The molecule has 0 rings (SSSR count). The number of nitrogens with zero attached hydrogens (tertiary/aromatic N) is 4. The molecule has 0 aliphatic rings. The smallest absolute Gasteiger partial charge is 0.409 e. The molecule has 0 bridgehead atoms. The van der Waals surface area contributed by atoms with Crippen molar-refractivity contribution in [3.8, 4) is 0 Å². The van der Waals surface area contributed by atoms with Crippen LogP contribution < -0.4 is 0 Å². The van der Waals surface area contributed by atoms with E-state index in [9.17, 15) is 22.8 Å². The SMILES string of the molecule is CCC(=O)N(C)CC.CCN(C)S(=O)(=O)COC.CCOC(=O)N(C)CC.CCOC(C)=O.COCN(C)C. The zero-order chi connectivity index (χ0) is 32.0. The van der Waals surface area contributed by atoms with Gasteiger partial charge in [-0.1, -0.05) is 13.8 Å². The third-order valence-electron chi connectivity index (χ3n) is 4.18. The molecule has 13 nitrogen and oxygen atoms in total. The highest BCUT2D eigenvalue weighted by molar-refractivity contribution is 7.88. The van der Waals surface area contributed by atoms with Gasteiger partial charge in [0.1, 0.15) is 0 Å². The number of ether oxygens (including phenoxy) is 4. The largest absolute Gasteiger partial charge is 0.466 e. The van der Waals surface area contributed by atoms with Crippen molar-refractivity contribution in [3.05, 3.63) is 0 Å². The summed E-state index contributed by atoms with van der Waals surface area (Å²) >= 11 is 0. The summed E-state index contributed by atoms with van der Waals surface area (Å²) in [6.45, 7) is 16.1. The average molecular weight is 591 g/mol. The molecule has 0 atom stereocenters. The average Bonchev–Trinajstić information content (AvgIpc) is 2.88. The van der Waals surface area contributed by atoms with Crippen LogP contribution >= 0.6 is 0 Å². The van der Waals surface area contributed by atoms with Crippen LogP contribution in [0, 0.1) is 0 Å². The molecule has 0 aliphatic heterocycles. The lowest BCUT2D eigenvalue weighted by molar-refractivity contribution is -0.140. The lowest BCUT2D eigenvalue weighted by atomic mass is 10.4. The van der Waals surface area contributed by atoms with Crippen LogP contribution in [-0.2, 0) is 38.6 Å². The standard InChI is InChI=1S/C6H13NO2.C6H13NO.C5H13NO3S.C4H11NO.C4H8O2/c1-4-7(3)6(8)9-5-2;1-4-6(8)7(3)5-2;1-4-6(2)10(7,8)5-9-3;1-5(2)4-6-3;1-3-6-4(2)5/h4-5H2,1-3H3;4-5H2,1-3H3;4-5H2,1-3H3;4H2,1-3H3;3H2,1-2H3. The summed E-state index contributed by atoms with van der Waals surface area (Å²) in [7, 11) is 8.86. The maximum absolute atomic E-state index is 11.0. The predicted molar refractivity (Wildman–Crippen MR) is 156 cm³/mol. The maximum Gasteiger partial charge on any atom is 0.409 e. The lowest BCUT2D eigenvalue weighted by Gasteiger charge is -2.12. The molecule has 0 fully saturated rings. The molecule has 14 heteroatoms. The van der Waals surface area contributed by atoms with E-state index in [1.807, 2.05) is 46.8 Å². The van der Waals surface area contributed by atoms with Gasteiger partial charge in [0, 0.05) is 68.3 Å². The first-order chi connectivity index (χ1) is 18.0. The van der Waals surface area contributed by atoms with Gasteiger partial charge < -0.3 is 28.7 Å². The number of sulfonamides is 1. The van der Waals surface area contributed by atoms with Gasteiger partial charge in [0.05, 0.1) is 19.9 Å². The van der Waals surface area contributed by atoms with E-state index in [2.05, 4.69) is 14.2 Å². The van der Waals surface area contributed by atoms with Crippen LogP contribution in [0.1, 0.15) is 54.9 Å².